The number of aliphatic hydroxyl groups is 1. The van der Waals surface area contributed by atoms with Gasteiger partial charge in [0.05, 0.1) is 11.5 Å². The van der Waals surface area contributed by atoms with E-state index >= 15 is 0 Å². The summed E-state index contributed by atoms with van der Waals surface area (Å²) in [5, 5.41) is 20.9. The van der Waals surface area contributed by atoms with Crippen LogP contribution in [0.4, 0.5) is 0 Å². The lowest BCUT2D eigenvalue weighted by molar-refractivity contribution is -0.0734. The van der Waals surface area contributed by atoms with Crippen LogP contribution < -0.4 is 0 Å². The molecule has 3 heteroatoms. The number of benzene rings is 1. The van der Waals surface area contributed by atoms with Crippen molar-refractivity contribution in [3.05, 3.63) is 34.3 Å². The number of hydrogen-bond acceptors (Lipinski definition) is 2. The quantitative estimate of drug-likeness (QED) is 0.895. The topological polar surface area (TPSA) is 44.0 Å². The van der Waals surface area contributed by atoms with Crippen LogP contribution in [0, 0.1) is 28.6 Å². The SMILES string of the molecule is CC(O)(c1cccc(Br)c1)C1(C#N)CC2CCC1C2. The second kappa shape index (κ2) is 4.33. The van der Waals surface area contributed by atoms with E-state index < -0.39 is 11.0 Å². The number of halogens is 1. The first kappa shape index (κ1) is 13.1. The minimum absolute atomic E-state index is 0.344. The van der Waals surface area contributed by atoms with E-state index in [-0.39, 0.29) is 0 Å². The van der Waals surface area contributed by atoms with E-state index in [0.717, 1.165) is 29.3 Å². The molecule has 2 nitrogen and oxygen atoms in total. The predicted octanol–water partition coefficient (Wildman–Crippen LogP) is 3.99. The Hall–Kier alpha value is -0.850. The van der Waals surface area contributed by atoms with Gasteiger partial charge in [0.2, 0.25) is 0 Å². The Balaban J connectivity index is 2.06. The van der Waals surface area contributed by atoms with E-state index in [4.69, 9.17) is 0 Å². The summed E-state index contributed by atoms with van der Waals surface area (Å²) in [5.41, 5.74) is -0.849. The molecule has 0 aromatic heterocycles. The highest BCUT2D eigenvalue weighted by atomic mass is 79.9. The lowest BCUT2D eigenvalue weighted by Crippen LogP contribution is -2.46. The summed E-state index contributed by atoms with van der Waals surface area (Å²) in [4.78, 5) is 0. The highest BCUT2D eigenvalue weighted by Crippen LogP contribution is 2.62. The molecular formula is C16H18BrNO. The third-order valence-corrected chi connectivity index (χ3v) is 5.80. The molecule has 2 aliphatic rings. The summed E-state index contributed by atoms with van der Waals surface area (Å²) in [7, 11) is 0. The molecule has 100 valence electrons. The molecule has 0 spiro atoms. The Labute approximate surface area is 122 Å². The standard InChI is InChI=1S/C16H18BrNO/c1-15(19,12-3-2-4-14(17)8-12)16(10-18)9-11-5-6-13(16)7-11/h2-4,8,11,13,19H,5-7,9H2,1H3. The second-order valence-corrected chi connectivity index (χ2v) is 7.16. The van der Waals surface area contributed by atoms with Crippen molar-refractivity contribution < 1.29 is 5.11 Å². The largest absolute Gasteiger partial charge is 0.384 e. The molecule has 1 aromatic rings. The predicted molar refractivity (Wildman–Crippen MR) is 77.2 cm³/mol. The second-order valence-electron chi connectivity index (χ2n) is 6.25. The number of nitrogens with zero attached hydrogens (tertiary/aromatic N) is 1. The highest BCUT2D eigenvalue weighted by Gasteiger charge is 2.60. The smallest absolute Gasteiger partial charge is 0.106 e. The van der Waals surface area contributed by atoms with Gasteiger partial charge in [-0.2, -0.15) is 5.26 Å². The van der Waals surface area contributed by atoms with Crippen LogP contribution in [0.15, 0.2) is 28.7 Å². The molecular weight excluding hydrogens is 302 g/mol. The Kier molecular flexibility index (Phi) is 2.99. The summed E-state index contributed by atoms with van der Waals surface area (Å²) in [6.45, 7) is 1.82. The van der Waals surface area contributed by atoms with Crippen LogP contribution in [0.5, 0.6) is 0 Å². The molecule has 0 heterocycles. The van der Waals surface area contributed by atoms with Crippen LogP contribution >= 0.6 is 15.9 Å². The minimum atomic E-state index is -1.08. The van der Waals surface area contributed by atoms with Gasteiger partial charge >= 0.3 is 0 Å². The molecule has 4 unspecified atom stereocenters. The van der Waals surface area contributed by atoms with Crippen molar-refractivity contribution in [2.75, 3.05) is 0 Å². The first-order valence-corrected chi connectivity index (χ1v) is 7.68. The van der Waals surface area contributed by atoms with Crippen molar-refractivity contribution in [3.63, 3.8) is 0 Å². The number of rotatable bonds is 2. The van der Waals surface area contributed by atoms with E-state index in [1.165, 1.54) is 6.42 Å². The summed E-state index contributed by atoms with van der Waals surface area (Å²) in [5.74, 6) is 0.972. The number of fused-ring (bicyclic) bond motifs is 2. The van der Waals surface area contributed by atoms with E-state index in [1.54, 1.807) is 0 Å². The van der Waals surface area contributed by atoms with Crippen LogP contribution in [-0.2, 0) is 5.60 Å². The normalized spacial score (nSPS) is 35.9. The summed E-state index contributed by atoms with van der Waals surface area (Å²) < 4.78 is 0.946. The average molecular weight is 320 g/mol. The Morgan fingerprint density at radius 3 is 2.79 bits per heavy atom. The number of nitriles is 1. The van der Waals surface area contributed by atoms with Crippen molar-refractivity contribution in [1.29, 1.82) is 5.26 Å². The van der Waals surface area contributed by atoms with Crippen LogP contribution in [0.3, 0.4) is 0 Å². The lowest BCUT2D eigenvalue weighted by Gasteiger charge is -2.43. The van der Waals surface area contributed by atoms with E-state index in [0.29, 0.717) is 11.8 Å². The van der Waals surface area contributed by atoms with Crippen molar-refractivity contribution >= 4 is 15.9 Å². The fourth-order valence-electron chi connectivity index (χ4n) is 4.22. The zero-order chi connectivity index (χ0) is 13.7. The van der Waals surface area contributed by atoms with Gasteiger partial charge in [-0.05, 0) is 55.7 Å². The van der Waals surface area contributed by atoms with Crippen LogP contribution in [0.25, 0.3) is 0 Å². The molecule has 2 saturated carbocycles. The van der Waals surface area contributed by atoms with Gasteiger partial charge in [0.25, 0.3) is 0 Å². The van der Waals surface area contributed by atoms with Gasteiger partial charge in [-0.1, -0.05) is 34.5 Å². The third-order valence-electron chi connectivity index (χ3n) is 5.30. The molecule has 0 aliphatic heterocycles. The molecule has 1 N–H and O–H groups in total. The van der Waals surface area contributed by atoms with Crippen molar-refractivity contribution in [1.82, 2.24) is 0 Å². The van der Waals surface area contributed by atoms with Gasteiger partial charge in [0, 0.05) is 4.47 Å². The highest BCUT2D eigenvalue weighted by molar-refractivity contribution is 9.10. The molecule has 2 fully saturated rings. The molecule has 2 bridgehead atoms. The minimum Gasteiger partial charge on any atom is -0.384 e. The molecule has 3 rings (SSSR count). The van der Waals surface area contributed by atoms with Gasteiger partial charge in [-0.3, -0.25) is 0 Å². The van der Waals surface area contributed by atoms with Gasteiger partial charge in [0.1, 0.15) is 5.60 Å². The Morgan fingerprint density at radius 1 is 1.47 bits per heavy atom. The molecule has 19 heavy (non-hydrogen) atoms. The average Bonchev–Trinajstić information content (AvgIpc) is 2.99. The van der Waals surface area contributed by atoms with Crippen LogP contribution in [-0.4, -0.2) is 5.11 Å². The number of hydrogen-bond donors (Lipinski definition) is 1. The fourth-order valence-corrected chi connectivity index (χ4v) is 4.62. The maximum Gasteiger partial charge on any atom is 0.106 e. The molecule has 0 saturated heterocycles. The first-order chi connectivity index (χ1) is 8.99. The molecule has 0 amide bonds. The first-order valence-electron chi connectivity index (χ1n) is 6.89. The van der Waals surface area contributed by atoms with Crippen LogP contribution in [0.2, 0.25) is 0 Å². The fraction of sp³-hybridized carbons (Fsp3) is 0.562. The lowest BCUT2D eigenvalue weighted by atomic mass is 9.61. The van der Waals surface area contributed by atoms with Gasteiger partial charge < -0.3 is 5.11 Å². The summed E-state index contributed by atoms with van der Waals surface area (Å²) in [6, 6.07) is 10.2. The van der Waals surface area contributed by atoms with Crippen LogP contribution in [0.1, 0.15) is 38.2 Å². The van der Waals surface area contributed by atoms with Gasteiger partial charge in [0.15, 0.2) is 0 Å². The summed E-state index contributed by atoms with van der Waals surface area (Å²) >= 11 is 3.45. The Morgan fingerprint density at radius 2 is 2.26 bits per heavy atom. The van der Waals surface area contributed by atoms with Gasteiger partial charge in [-0.15, -0.1) is 0 Å². The van der Waals surface area contributed by atoms with Crippen molar-refractivity contribution in [2.24, 2.45) is 17.3 Å². The molecule has 2 aliphatic carbocycles. The van der Waals surface area contributed by atoms with E-state index in [9.17, 15) is 10.4 Å². The molecule has 1 aromatic carbocycles. The van der Waals surface area contributed by atoms with E-state index in [1.807, 2.05) is 31.2 Å². The maximum absolute atomic E-state index is 11.1. The van der Waals surface area contributed by atoms with E-state index in [2.05, 4.69) is 22.0 Å². The zero-order valence-corrected chi connectivity index (χ0v) is 12.7. The molecule has 0 radical (unpaired) electrons. The monoisotopic (exact) mass is 319 g/mol. The Bertz CT molecular complexity index is 548. The maximum atomic E-state index is 11.1. The van der Waals surface area contributed by atoms with Gasteiger partial charge in [-0.25, -0.2) is 0 Å². The van der Waals surface area contributed by atoms with Crippen molar-refractivity contribution in [3.8, 4) is 6.07 Å². The summed E-state index contributed by atoms with van der Waals surface area (Å²) in [6.07, 6.45) is 4.26. The van der Waals surface area contributed by atoms with Crippen molar-refractivity contribution in [2.45, 2.75) is 38.2 Å². The zero-order valence-electron chi connectivity index (χ0n) is 11.1. The molecule has 4 atom stereocenters. The third kappa shape index (κ3) is 1.77.